The number of amides is 2. The smallest absolute Gasteiger partial charge is 0.416 e. The first kappa shape index (κ1) is 31.4. The van der Waals surface area contributed by atoms with Gasteiger partial charge in [0.25, 0.3) is 0 Å². The minimum Gasteiger partial charge on any atom is -0.444 e. The zero-order valence-electron chi connectivity index (χ0n) is 23.0. The number of likely N-dealkylation sites (tertiary alicyclic amines) is 1. The van der Waals surface area contributed by atoms with Crippen molar-refractivity contribution in [3.8, 4) is 0 Å². The summed E-state index contributed by atoms with van der Waals surface area (Å²) >= 11 is 0. The molecule has 2 amide bonds. The van der Waals surface area contributed by atoms with Gasteiger partial charge in [-0.05, 0) is 57.0 Å². The number of aryl methyl sites for hydroxylation is 1. The normalized spacial score (nSPS) is 20.2. The van der Waals surface area contributed by atoms with Gasteiger partial charge in [-0.25, -0.2) is 18.5 Å². The van der Waals surface area contributed by atoms with Crippen LogP contribution in [0.2, 0.25) is 0 Å². The van der Waals surface area contributed by atoms with E-state index in [1.54, 1.807) is 27.7 Å². The van der Waals surface area contributed by atoms with Crippen LogP contribution in [-0.4, -0.2) is 48.7 Å². The molecule has 0 radical (unpaired) electrons. The van der Waals surface area contributed by atoms with Gasteiger partial charge in [0.15, 0.2) is 0 Å². The number of carbonyl (C=O) groups excluding carboxylic acids is 2. The average molecular weight is 578 g/mol. The Labute approximate surface area is 228 Å². The molecule has 1 aliphatic heterocycles. The van der Waals surface area contributed by atoms with Crippen molar-refractivity contribution in [2.45, 2.75) is 71.0 Å². The summed E-state index contributed by atoms with van der Waals surface area (Å²) < 4.78 is 101. The number of likely N-dealkylation sites (N-methyl/N-ethyl adjacent to an activating group) is 1. The number of halogens is 7. The first-order chi connectivity index (χ1) is 18.1. The van der Waals surface area contributed by atoms with E-state index in [0.29, 0.717) is 23.3 Å². The molecule has 5 nitrogen and oxygen atoms in total. The maximum Gasteiger partial charge on any atom is 0.416 e. The van der Waals surface area contributed by atoms with E-state index in [1.807, 2.05) is 0 Å². The van der Waals surface area contributed by atoms with Crippen molar-refractivity contribution in [3.63, 3.8) is 0 Å². The van der Waals surface area contributed by atoms with E-state index in [1.165, 1.54) is 30.1 Å². The van der Waals surface area contributed by atoms with E-state index < -0.39 is 69.0 Å². The van der Waals surface area contributed by atoms with Crippen LogP contribution in [0.4, 0.5) is 41.2 Å². The molecule has 12 heteroatoms. The topological polar surface area (TPSA) is 46.6 Å². The third-order valence-electron chi connectivity index (χ3n) is 7.29. The highest BCUT2D eigenvalue weighted by Gasteiger charge is 2.50. The summed E-state index contributed by atoms with van der Waals surface area (Å²) in [6, 6.07) is 4.11. The molecule has 0 aliphatic carbocycles. The van der Waals surface area contributed by atoms with Gasteiger partial charge in [-0.3, -0.25) is 0 Å². The van der Waals surface area contributed by atoms with Crippen LogP contribution in [0.1, 0.15) is 62.3 Å². The number of quaternary nitrogens is 1. The fourth-order valence-corrected chi connectivity index (χ4v) is 5.22. The molecule has 0 bridgehead atoms. The molecule has 1 aliphatic rings. The molecular formula is C28H32F7N2O3+. The Hall–Kier alpha value is -3.15. The van der Waals surface area contributed by atoms with E-state index in [2.05, 4.69) is 0 Å². The van der Waals surface area contributed by atoms with Crippen molar-refractivity contribution in [1.82, 2.24) is 9.38 Å². The average Bonchev–Trinajstić information content (AvgIpc) is 2.80. The Morgan fingerprint density at radius 2 is 1.50 bits per heavy atom. The third-order valence-corrected chi connectivity index (χ3v) is 7.29. The fourth-order valence-electron chi connectivity index (χ4n) is 5.22. The molecule has 0 spiro atoms. The van der Waals surface area contributed by atoms with Crippen molar-refractivity contribution in [2.24, 2.45) is 0 Å². The van der Waals surface area contributed by atoms with Crippen LogP contribution in [-0.2, 0) is 21.9 Å². The second-order valence-corrected chi connectivity index (χ2v) is 11.2. The minimum atomic E-state index is -5.11. The zero-order valence-corrected chi connectivity index (χ0v) is 23.0. The van der Waals surface area contributed by atoms with Gasteiger partial charge in [-0.1, -0.05) is 6.07 Å². The lowest BCUT2D eigenvalue weighted by Gasteiger charge is -2.47. The SMILES string of the molecule is CC(=O)[N+](C)(c1cc(C(F)(F)F)cc(C(F)(F)F)c1)[C@H]1CCN(C(=O)OC(C)(C)C)C[C@@H]1c1ccc(F)cc1C. The molecule has 1 fully saturated rings. The van der Waals surface area contributed by atoms with Crippen LogP contribution >= 0.6 is 0 Å². The quantitative estimate of drug-likeness (QED) is 0.281. The summed E-state index contributed by atoms with van der Waals surface area (Å²) in [5, 5.41) is 0. The number of rotatable bonds is 3. The Kier molecular flexibility index (Phi) is 8.38. The van der Waals surface area contributed by atoms with Gasteiger partial charge >= 0.3 is 24.4 Å². The molecule has 0 saturated carbocycles. The Balaban J connectivity index is 2.23. The molecule has 3 rings (SSSR count). The number of hydrogen-bond donors (Lipinski definition) is 0. The van der Waals surface area contributed by atoms with Crippen molar-refractivity contribution in [1.29, 1.82) is 0 Å². The molecule has 2 aromatic carbocycles. The molecule has 0 N–H and O–H groups in total. The van der Waals surface area contributed by atoms with Gasteiger partial charge in [0.05, 0.1) is 31.0 Å². The summed E-state index contributed by atoms with van der Waals surface area (Å²) in [6.45, 7) is 7.70. The predicted octanol–water partition coefficient (Wildman–Crippen LogP) is 7.45. The maximum atomic E-state index is 14.0. The highest BCUT2D eigenvalue weighted by Crippen LogP contribution is 2.44. The summed E-state index contributed by atoms with van der Waals surface area (Å²) in [4.78, 5) is 27.6. The molecule has 1 heterocycles. The van der Waals surface area contributed by atoms with E-state index >= 15 is 0 Å². The number of ether oxygens (including phenoxy) is 1. The molecule has 1 unspecified atom stereocenters. The van der Waals surface area contributed by atoms with Gasteiger partial charge in [0.2, 0.25) is 0 Å². The monoisotopic (exact) mass is 577 g/mol. The Morgan fingerprint density at radius 1 is 0.950 bits per heavy atom. The molecule has 3 atom stereocenters. The number of benzene rings is 2. The van der Waals surface area contributed by atoms with Crippen molar-refractivity contribution < 1.29 is 45.1 Å². The Bertz CT molecular complexity index is 1250. The lowest BCUT2D eigenvalue weighted by molar-refractivity contribution is -0.143. The van der Waals surface area contributed by atoms with E-state index in [-0.39, 0.29) is 25.6 Å². The van der Waals surface area contributed by atoms with Crippen LogP contribution < -0.4 is 4.48 Å². The molecule has 40 heavy (non-hydrogen) atoms. The lowest BCUT2D eigenvalue weighted by atomic mass is 9.81. The standard InChI is InChI=1S/C28H32F7N2O3/c1-16-11-20(29)7-8-22(16)23-15-36(25(39)40-26(3,4)5)10-9-24(23)37(6,17(2)38)21-13-18(27(30,31)32)12-19(14-21)28(33,34)35/h7-8,11-14,23-24H,9-10,15H2,1-6H3/q+1/t23-,24+,37?/m1/s1. The number of piperidine rings is 1. The fraction of sp³-hybridized carbons (Fsp3) is 0.500. The molecule has 1 saturated heterocycles. The molecule has 2 aromatic rings. The lowest BCUT2D eigenvalue weighted by Crippen LogP contribution is -2.63. The Morgan fingerprint density at radius 3 is 1.95 bits per heavy atom. The van der Waals surface area contributed by atoms with Crippen molar-refractivity contribution in [2.75, 3.05) is 20.1 Å². The number of nitrogens with zero attached hydrogens (tertiary/aromatic N) is 2. The van der Waals surface area contributed by atoms with Crippen molar-refractivity contribution in [3.05, 3.63) is 64.5 Å². The van der Waals surface area contributed by atoms with Crippen LogP contribution in [0.3, 0.4) is 0 Å². The minimum absolute atomic E-state index is 0.0146. The highest BCUT2D eigenvalue weighted by atomic mass is 19.4. The van der Waals surface area contributed by atoms with E-state index in [9.17, 15) is 40.3 Å². The van der Waals surface area contributed by atoms with Gasteiger partial charge in [-0.2, -0.15) is 26.3 Å². The maximum absolute atomic E-state index is 14.0. The summed E-state index contributed by atoms with van der Waals surface area (Å²) in [5.41, 5.74) is -3.43. The van der Waals surface area contributed by atoms with Crippen LogP contribution in [0, 0.1) is 12.7 Å². The predicted molar refractivity (Wildman–Crippen MR) is 135 cm³/mol. The molecule has 0 aromatic heterocycles. The molecular weight excluding hydrogens is 545 g/mol. The summed E-state index contributed by atoms with van der Waals surface area (Å²) in [7, 11) is 1.28. The van der Waals surface area contributed by atoms with Gasteiger partial charge in [0.1, 0.15) is 23.1 Å². The molecule has 220 valence electrons. The number of carbonyl (C=O) groups is 2. The van der Waals surface area contributed by atoms with Gasteiger partial charge in [0, 0.05) is 31.6 Å². The summed E-state index contributed by atoms with van der Waals surface area (Å²) in [6.07, 6.45) is -10.8. The number of alkyl halides is 6. The third kappa shape index (κ3) is 6.59. The van der Waals surface area contributed by atoms with Crippen LogP contribution in [0.15, 0.2) is 36.4 Å². The van der Waals surface area contributed by atoms with Crippen molar-refractivity contribution >= 4 is 17.7 Å². The second-order valence-electron chi connectivity index (χ2n) is 11.2. The zero-order chi connectivity index (χ0) is 30.4. The first-order valence-electron chi connectivity index (χ1n) is 12.6. The summed E-state index contributed by atoms with van der Waals surface area (Å²) in [5.74, 6) is -2.01. The highest BCUT2D eigenvalue weighted by molar-refractivity contribution is 5.87. The first-order valence-corrected chi connectivity index (χ1v) is 12.6. The van der Waals surface area contributed by atoms with Gasteiger partial charge < -0.3 is 9.64 Å². The van der Waals surface area contributed by atoms with E-state index in [4.69, 9.17) is 4.74 Å². The number of hydrogen-bond acceptors (Lipinski definition) is 3. The van der Waals surface area contributed by atoms with Crippen LogP contribution in [0.25, 0.3) is 0 Å². The van der Waals surface area contributed by atoms with Gasteiger partial charge in [-0.15, -0.1) is 0 Å². The second kappa shape index (κ2) is 10.7. The van der Waals surface area contributed by atoms with E-state index in [0.717, 1.165) is 6.92 Å². The van der Waals surface area contributed by atoms with Crippen LogP contribution in [0.5, 0.6) is 0 Å². The largest absolute Gasteiger partial charge is 0.444 e.